The maximum atomic E-state index is 11.6. The van der Waals surface area contributed by atoms with Crippen molar-refractivity contribution < 1.29 is 9.53 Å². The number of amides is 1. The van der Waals surface area contributed by atoms with Crippen LogP contribution in [0.25, 0.3) is 21.3 Å². The number of carbonyl (C=O) groups is 1. The van der Waals surface area contributed by atoms with Crippen molar-refractivity contribution in [1.29, 1.82) is 0 Å². The van der Waals surface area contributed by atoms with Crippen LogP contribution in [0.3, 0.4) is 0 Å². The van der Waals surface area contributed by atoms with Crippen LogP contribution in [0, 0.1) is 0 Å². The topological polar surface area (TPSA) is 89.5 Å². The van der Waals surface area contributed by atoms with Crippen molar-refractivity contribution in [3.05, 3.63) is 45.5 Å². The summed E-state index contributed by atoms with van der Waals surface area (Å²) >= 11 is 5.27. The largest absolute Gasteiger partial charge is 0.497 e. The molecule has 1 saturated heterocycles. The lowest BCUT2D eigenvalue weighted by Gasteiger charge is -2.34. The first kappa shape index (κ1) is 24.0. The molecule has 0 atom stereocenters. The van der Waals surface area contributed by atoms with Gasteiger partial charge in [-0.15, -0.1) is 11.3 Å². The number of ether oxygens (including phenoxy) is 1. The van der Waals surface area contributed by atoms with Crippen LogP contribution < -0.4 is 10.5 Å². The van der Waals surface area contributed by atoms with E-state index in [1.807, 2.05) is 23.1 Å². The minimum absolute atomic E-state index is 0.162. The van der Waals surface area contributed by atoms with Gasteiger partial charge in [-0.25, -0.2) is 9.97 Å². The van der Waals surface area contributed by atoms with Crippen LogP contribution >= 0.6 is 27.3 Å². The van der Waals surface area contributed by atoms with Gasteiger partial charge >= 0.3 is 0 Å². The lowest BCUT2D eigenvalue weighted by atomic mass is 10.2. The Morgan fingerprint density at radius 3 is 2.60 bits per heavy atom. The molecule has 1 fully saturated rings. The van der Waals surface area contributed by atoms with E-state index in [0.29, 0.717) is 12.4 Å². The fraction of sp³-hybridized carbons (Fsp3) is 0.400. The fourth-order valence-corrected chi connectivity index (χ4v) is 6.30. The molecule has 0 radical (unpaired) electrons. The van der Waals surface area contributed by atoms with Gasteiger partial charge < -0.3 is 19.9 Å². The van der Waals surface area contributed by atoms with E-state index in [-0.39, 0.29) is 5.91 Å². The number of thiophene rings is 1. The molecular weight excluding hydrogens is 528 g/mol. The summed E-state index contributed by atoms with van der Waals surface area (Å²) in [5, 5.41) is 0. The number of fused-ring (bicyclic) bond motifs is 3. The molecular formula is C25H29BrN6O2S. The summed E-state index contributed by atoms with van der Waals surface area (Å²) in [6, 6.07) is 10.2. The molecule has 4 aromatic rings. The van der Waals surface area contributed by atoms with Crippen LogP contribution in [-0.2, 0) is 17.8 Å². The molecule has 184 valence electrons. The van der Waals surface area contributed by atoms with E-state index in [4.69, 9.17) is 15.5 Å². The third kappa shape index (κ3) is 5.00. The Morgan fingerprint density at radius 1 is 1.17 bits per heavy atom. The van der Waals surface area contributed by atoms with Gasteiger partial charge in [0.25, 0.3) is 0 Å². The summed E-state index contributed by atoms with van der Waals surface area (Å²) < 4.78 is 9.75. The van der Waals surface area contributed by atoms with Gasteiger partial charge in [-0.2, -0.15) is 0 Å². The number of carbonyl (C=O) groups excluding carboxylic acids is 1. The number of halogens is 1. The molecule has 0 aliphatic carbocycles. The lowest BCUT2D eigenvalue weighted by molar-refractivity contribution is -0.130. The van der Waals surface area contributed by atoms with E-state index >= 15 is 0 Å². The number of benzene rings is 1. The number of aryl methyl sites for hydroxylation is 1. The number of nitrogens with zero attached hydrogens (tertiary/aromatic N) is 5. The number of piperazine rings is 1. The predicted octanol–water partition coefficient (Wildman–Crippen LogP) is 4.14. The molecule has 0 unspecified atom stereocenters. The number of anilines is 1. The van der Waals surface area contributed by atoms with Crippen molar-refractivity contribution in [3.8, 4) is 5.75 Å². The van der Waals surface area contributed by atoms with Gasteiger partial charge in [-0.3, -0.25) is 9.69 Å². The van der Waals surface area contributed by atoms with Gasteiger partial charge in [-0.05, 0) is 52.7 Å². The number of hydrogen-bond acceptors (Lipinski definition) is 7. The Labute approximate surface area is 216 Å². The lowest BCUT2D eigenvalue weighted by Crippen LogP contribution is -2.48. The Morgan fingerprint density at radius 2 is 1.91 bits per heavy atom. The summed E-state index contributed by atoms with van der Waals surface area (Å²) in [5.74, 6) is 2.48. The van der Waals surface area contributed by atoms with Gasteiger partial charge in [0, 0.05) is 46.1 Å². The molecule has 10 heteroatoms. The number of nitrogens with two attached hydrogens (primary N) is 1. The van der Waals surface area contributed by atoms with Crippen LogP contribution in [0.5, 0.6) is 5.75 Å². The van der Waals surface area contributed by atoms with Crippen LogP contribution in [0.15, 0.2) is 34.1 Å². The molecule has 0 spiro atoms. The smallest absolute Gasteiger partial charge is 0.219 e. The molecule has 1 aromatic carbocycles. The molecule has 35 heavy (non-hydrogen) atoms. The number of nitrogen functional groups attached to an aromatic ring is 1. The summed E-state index contributed by atoms with van der Waals surface area (Å²) in [7, 11) is 1.68. The van der Waals surface area contributed by atoms with E-state index < -0.39 is 0 Å². The molecule has 0 bridgehead atoms. The van der Waals surface area contributed by atoms with Crippen molar-refractivity contribution in [2.45, 2.75) is 26.3 Å². The Hall–Kier alpha value is -2.69. The minimum atomic E-state index is 0.162. The van der Waals surface area contributed by atoms with Crippen molar-refractivity contribution >= 4 is 60.2 Å². The second-order valence-electron chi connectivity index (χ2n) is 8.87. The van der Waals surface area contributed by atoms with Gasteiger partial charge in [0.15, 0.2) is 5.82 Å². The van der Waals surface area contributed by atoms with E-state index in [1.165, 1.54) is 5.56 Å². The quantitative estimate of drug-likeness (QED) is 0.368. The molecule has 5 rings (SSSR count). The molecule has 1 amide bonds. The molecule has 0 saturated carbocycles. The van der Waals surface area contributed by atoms with Gasteiger partial charge in [0.2, 0.25) is 5.91 Å². The van der Waals surface area contributed by atoms with Crippen LogP contribution in [0.2, 0.25) is 0 Å². The highest BCUT2D eigenvalue weighted by Gasteiger charge is 2.21. The number of imidazole rings is 1. The zero-order valence-corrected chi connectivity index (χ0v) is 22.4. The number of pyridine rings is 1. The molecule has 4 heterocycles. The van der Waals surface area contributed by atoms with Crippen molar-refractivity contribution in [1.82, 2.24) is 24.3 Å². The number of aromatic nitrogens is 3. The second kappa shape index (κ2) is 10.1. The SMILES string of the molecule is COc1ccc(Cn2c(CCCN3CCN(C(C)=O)CC3)nc3c(N)nc4cc(Br)sc4c32)cc1. The first-order valence-electron chi connectivity index (χ1n) is 11.8. The van der Waals surface area contributed by atoms with Crippen LogP contribution in [-0.4, -0.2) is 70.1 Å². The highest BCUT2D eigenvalue weighted by molar-refractivity contribution is 9.11. The van der Waals surface area contributed by atoms with E-state index in [9.17, 15) is 4.79 Å². The standard InChI is InChI=1S/C25H29BrN6O2S/c1-16(33)31-12-10-30(11-13-31)9-3-4-21-29-22-23(24-19(28-25(22)27)14-20(26)35-24)32(21)15-17-5-7-18(34-2)8-6-17/h5-8,14H,3-4,9-13,15H2,1-2H3,(H2,27,28). The summed E-state index contributed by atoms with van der Waals surface area (Å²) in [6.45, 7) is 6.77. The monoisotopic (exact) mass is 556 g/mol. The number of hydrogen-bond donors (Lipinski definition) is 1. The fourth-order valence-electron chi connectivity index (χ4n) is 4.72. The zero-order chi connectivity index (χ0) is 24.5. The Kier molecular flexibility index (Phi) is 6.95. The van der Waals surface area contributed by atoms with Gasteiger partial charge in [-0.1, -0.05) is 12.1 Å². The van der Waals surface area contributed by atoms with Crippen molar-refractivity contribution in [3.63, 3.8) is 0 Å². The second-order valence-corrected chi connectivity index (χ2v) is 11.3. The number of rotatable bonds is 7. The summed E-state index contributed by atoms with van der Waals surface area (Å²) in [5.41, 5.74) is 10.2. The highest BCUT2D eigenvalue weighted by atomic mass is 79.9. The van der Waals surface area contributed by atoms with E-state index in [0.717, 1.165) is 82.2 Å². The highest BCUT2D eigenvalue weighted by Crippen LogP contribution is 2.37. The summed E-state index contributed by atoms with van der Waals surface area (Å²) in [6.07, 6.45) is 1.82. The third-order valence-corrected chi connectivity index (χ3v) is 8.25. The predicted molar refractivity (Wildman–Crippen MR) is 144 cm³/mol. The summed E-state index contributed by atoms with van der Waals surface area (Å²) in [4.78, 5) is 25.6. The van der Waals surface area contributed by atoms with Crippen molar-refractivity contribution in [2.24, 2.45) is 0 Å². The minimum Gasteiger partial charge on any atom is -0.497 e. The van der Waals surface area contributed by atoms with E-state index in [2.05, 4.69) is 42.5 Å². The zero-order valence-electron chi connectivity index (χ0n) is 20.0. The molecule has 3 aromatic heterocycles. The maximum Gasteiger partial charge on any atom is 0.219 e. The third-order valence-electron chi connectivity index (χ3n) is 6.62. The van der Waals surface area contributed by atoms with Crippen LogP contribution in [0.1, 0.15) is 24.7 Å². The van der Waals surface area contributed by atoms with Gasteiger partial charge in [0.05, 0.1) is 26.6 Å². The number of methoxy groups -OCH3 is 1. The molecule has 2 N–H and O–H groups in total. The Balaban J connectivity index is 1.43. The average Bonchev–Trinajstić information content (AvgIpc) is 3.40. The average molecular weight is 558 g/mol. The normalized spacial score (nSPS) is 14.8. The van der Waals surface area contributed by atoms with Crippen molar-refractivity contribution in [2.75, 3.05) is 45.6 Å². The molecule has 8 nitrogen and oxygen atoms in total. The van der Waals surface area contributed by atoms with Gasteiger partial charge in [0.1, 0.15) is 17.1 Å². The first-order valence-corrected chi connectivity index (χ1v) is 13.4. The molecule has 1 aliphatic rings. The molecule has 1 aliphatic heterocycles. The van der Waals surface area contributed by atoms with Crippen LogP contribution in [0.4, 0.5) is 5.82 Å². The first-order chi connectivity index (χ1) is 16.9. The van der Waals surface area contributed by atoms with E-state index in [1.54, 1.807) is 25.4 Å². The maximum absolute atomic E-state index is 11.6. The Bertz CT molecular complexity index is 1360.